The molecule has 0 spiro atoms. The molecule has 1 aliphatic rings. The van der Waals surface area contributed by atoms with E-state index < -0.39 is 0 Å². The van der Waals surface area contributed by atoms with Crippen molar-refractivity contribution in [2.45, 2.75) is 53.0 Å². The third-order valence-corrected chi connectivity index (χ3v) is 4.43. The summed E-state index contributed by atoms with van der Waals surface area (Å²) in [5.41, 5.74) is 4.53. The molecule has 1 saturated heterocycles. The SMILES string of the molecule is Cc1cc(C)c(NC(=O)[C@@H](C)[NH+]2CCCCC2)c(C)c1. The first-order valence-electron chi connectivity index (χ1n) is 7.72. The largest absolute Gasteiger partial charge is 0.325 e. The van der Waals surface area contributed by atoms with Gasteiger partial charge in [-0.15, -0.1) is 0 Å². The fraction of sp³-hybridized carbons (Fsp3) is 0.588. The normalized spacial score (nSPS) is 17.8. The molecule has 1 heterocycles. The number of anilines is 1. The highest BCUT2D eigenvalue weighted by Gasteiger charge is 2.27. The Morgan fingerprint density at radius 3 is 2.20 bits per heavy atom. The van der Waals surface area contributed by atoms with E-state index in [2.05, 4.69) is 45.1 Å². The molecule has 0 aromatic heterocycles. The zero-order chi connectivity index (χ0) is 14.7. The van der Waals surface area contributed by atoms with Crippen LogP contribution in [0.3, 0.4) is 0 Å². The molecule has 1 aromatic rings. The van der Waals surface area contributed by atoms with Crippen LogP contribution < -0.4 is 10.2 Å². The minimum Gasteiger partial charge on any atom is -0.325 e. The zero-order valence-corrected chi connectivity index (χ0v) is 13.2. The number of amides is 1. The molecule has 1 amide bonds. The minimum atomic E-state index is 0.0374. The molecule has 2 rings (SSSR count). The molecule has 1 atom stereocenters. The van der Waals surface area contributed by atoms with Crippen LogP contribution in [0.4, 0.5) is 5.69 Å². The molecular weight excluding hydrogens is 248 g/mol. The van der Waals surface area contributed by atoms with E-state index in [0.717, 1.165) is 29.9 Å². The topological polar surface area (TPSA) is 33.5 Å². The van der Waals surface area contributed by atoms with Crippen molar-refractivity contribution in [1.82, 2.24) is 0 Å². The second kappa shape index (κ2) is 6.40. The van der Waals surface area contributed by atoms with E-state index in [1.165, 1.54) is 29.7 Å². The highest BCUT2D eigenvalue weighted by atomic mass is 16.2. The maximum absolute atomic E-state index is 12.5. The summed E-state index contributed by atoms with van der Waals surface area (Å²) in [6.45, 7) is 10.5. The first-order valence-corrected chi connectivity index (χ1v) is 7.72. The number of hydrogen-bond acceptors (Lipinski definition) is 1. The summed E-state index contributed by atoms with van der Waals surface area (Å²) in [4.78, 5) is 13.9. The predicted molar refractivity (Wildman–Crippen MR) is 83.3 cm³/mol. The Kier molecular flexibility index (Phi) is 4.81. The summed E-state index contributed by atoms with van der Waals surface area (Å²) < 4.78 is 0. The number of rotatable bonds is 3. The number of benzene rings is 1. The molecule has 0 bridgehead atoms. The van der Waals surface area contributed by atoms with Gasteiger partial charge < -0.3 is 10.2 Å². The smallest absolute Gasteiger partial charge is 0.282 e. The first kappa shape index (κ1) is 15.0. The van der Waals surface area contributed by atoms with Gasteiger partial charge >= 0.3 is 0 Å². The van der Waals surface area contributed by atoms with Gasteiger partial charge in [-0.1, -0.05) is 17.7 Å². The Morgan fingerprint density at radius 1 is 1.10 bits per heavy atom. The number of carbonyl (C=O) groups is 1. The van der Waals surface area contributed by atoms with Crippen molar-refractivity contribution < 1.29 is 9.69 Å². The van der Waals surface area contributed by atoms with Crippen LogP contribution >= 0.6 is 0 Å². The molecule has 0 radical (unpaired) electrons. The van der Waals surface area contributed by atoms with Crippen LogP contribution in [-0.4, -0.2) is 25.0 Å². The number of nitrogens with one attached hydrogen (secondary N) is 2. The summed E-state index contributed by atoms with van der Waals surface area (Å²) in [5.74, 6) is 0.150. The third-order valence-electron chi connectivity index (χ3n) is 4.43. The van der Waals surface area contributed by atoms with Crippen LogP contribution in [-0.2, 0) is 4.79 Å². The number of quaternary nitrogens is 1. The van der Waals surface area contributed by atoms with Crippen LogP contribution in [0.2, 0.25) is 0 Å². The summed E-state index contributed by atoms with van der Waals surface area (Å²) in [5, 5.41) is 3.14. The third kappa shape index (κ3) is 3.40. The summed E-state index contributed by atoms with van der Waals surface area (Å²) in [7, 11) is 0. The maximum Gasteiger partial charge on any atom is 0.282 e. The fourth-order valence-electron chi connectivity index (χ4n) is 3.23. The van der Waals surface area contributed by atoms with Gasteiger partial charge in [-0.3, -0.25) is 4.79 Å². The predicted octanol–water partition coefficient (Wildman–Crippen LogP) is 2.01. The van der Waals surface area contributed by atoms with E-state index in [4.69, 9.17) is 0 Å². The number of piperidine rings is 1. The molecule has 0 saturated carbocycles. The number of hydrogen-bond donors (Lipinski definition) is 2. The number of aryl methyl sites for hydroxylation is 3. The second-order valence-corrected chi connectivity index (χ2v) is 6.20. The molecule has 1 aliphatic heterocycles. The van der Waals surface area contributed by atoms with Gasteiger partial charge in [0, 0.05) is 5.69 Å². The first-order chi connectivity index (χ1) is 9.49. The van der Waals surface area contributed by atoms with Gasteiger partial charge in [-0.25, -0.2) is 0 Å². The van der Waals surface area contributed by atoms with Gasteiger partial charge in [0.15, 0.2) is 6.04 Å². The Hall–Kier alpha value is -1.35. The molecule has 110 valence electrons. The summed E-state index contributed by atoms with van der Waals surface area (Å²) >= 11 is 0. The van der Waals surface area contributed by atoms with Crippen LogP contribution in [0.15, 0.2) is 12.1 Å². The maximum atomic E-state index is 12.5. The van der Waals surface area contributed by atoms with Gasteiger partial charge in [-0.2, -0.15) is 0 Å². The van der Waals surface area contributed by atoms with E-state index in [9.17, 15) is 4.79 Å². The summed E-state index contributed by atoms with van der Waals surface area (Å²) in [6.07, 6.45) is 3.80. The highest BCUT2D eigenvalue weighted by molar-refractivity contribution is 5.95. The van der Waals surface area contributed by atoms with E-state index >= 15 is 0 Å². The summed E-state index contributed by atoms with van der Waals surface area (Å²) in [6, 6.07) is 4.29. The standard InChI is InChI=1S/C17H26N2O/c1-12-10-13(2)16(14(3)11-12)18-17(20)15(4)19-8-6-5-7-9-19/h10-11,15H,5-9H2,1-4H3,(H,18,20)/p+1/t15-/m1/s1. The minimum absolute atomic E-state index is 0.0374. The van der Waals surface area contributed by atoms with Crippen molar-refractivity contribution in [3.63, 3.8) is 0 Å². The van der Waals surface area contributed by atoms with E-state index in [-0.39, 0.29) is 11.9 Å². The monoisotopic (exact) mass is 275 g/mol. The van der Waals surface area contributed by atoms with Gasteiger partial charge in [0.05, 0.1) is 13.1 Å². The average molecular weight is 275 g/mol. The van der Waals surface area contributed by atoms with Crippen LogP contribution in [0.1, 0.15) is 42.9 Å². The van der Waals surface area contributed by atoms with E-state index in [0.29, 0.717) is 0 Å². The van der Waals surface area contributed by atoms with Gasteiger partial charge in [0.25, 0.3) is 5.91 Å². The molecule has 3 nitrogen and oxygen atoms in total. The van der Waals surface area contributed by atoms with E-state index in [1.807, 2.05) is 0 Å². The molecule has 20 heavy (non-hydrogen) atoms. The lowest BCUT2D eigenvalue weighted by Crippen LogP contribution is -3.17. The van der Waals surface area contributed by atoms with Crippen molar-refractivity contribution in [2.24, 2.45) is 0 Å². The molecular formula is C17H27N2O+. The Bertz CT molecular complexity index is 467. The van der Waals surface area contributed by atoms with Crippen molar-refractivity contribution in [1.29, 1.82) is 0 Å². The molecule has 1 aromatic carbocycles. The highest BCUT2D eigenvalue weighted by Crippen LogP contribution is 2.21. The van der Waals surface area contributed by atoms with Crippen LogP contribution in [0.5, 0.6) is 0 Å². The van der Waals surface area contributed by atoms with Crippen molar-refractivity contribution >= 4 is 11.6 Å². The molecule has 0 unspecified atom stereocenters. The number of likely N-dealkylation sites (tertiary alicyclic amines) is 1. The van der Waals surface area contributed by atoms with Gasteiger partial charge in [0.2, 0.25) is 0 Å². The number of carbonyl (C=O) groups excluding carboxylic acids is 1. The Morgan fingerprint density at radius 2 is 1.65 bits per heavy atom. The Labute approximate surface area is 122 Å². The molecule has 0 aliphatic carbocycles. The average Bonchev–Trinajstić information content (AvgIpc) is 2.42. The van der Waals surface area contributed by atoms with Crippen molar-refractivity contribution in [2.75, 3.05) is 18.4 Å². The van der Waals surface area contributed by atoms with Crippen molar-refractivity contribution in [3.05, 3.63) is 28.8 Å². The van der Waals surface area contributed by atoms with Crippen LogP contribution in [0.25, 0.3) is 0 Å². The zero-order valence-electron chi connectivity index (χ0n) is 13.2. The van der Waals surface area contributed by atoms with E-state index in [1.54, 1.807) is 0 Å². The molecule has 1 fully saturated rings. The second-order valence-electron chi connectivity index (χ2n) is 6.20. The fourth-order valence-corrected chi connectivity index (χ4v) is 3.23. The lowest BCUT2D eigenvalue weighted by atomic mass is 10.0. The molecule has 3 heteroatoms. The van der Waals surface area contributed by atoms with Crippen molar-refractivity contribution in [3.8, 4) is 0 Å². The quantitative estimate of drug-likeness (QED) is 0.869. The Balaban J connectivity index is 2.07. The molecule has 2 N–H and O–H groups in total. The van der Waals surface area contributed by atoms with Gasteiger partial charge in [0.1, 0.15) is 0 Å². The van der Waals surface area contributed by atoms with Gasteiger partial charge in [-0.05, 0) is 58.1 Å². The lowest BCUT2D eigenvalue weighted by molar-refractivity contribution is -0.918. The lowest BCUT2D eigenvalue weighted by Gasteiger charge is -2.28. The van der Waals surface area contributed by atoms with Crippen LogP contribution in [0, 0.1) is 20.8 Å².